The van der Waals surface area contributed by atoms with E-state index in [4.69, 9.17) is 5.73 Å². The number of hydrogen-bond acceptors (Lipinski definition) is 2. The average molecular weight is 129 g/mol. The molecule has 0 aromatic rings. The standard InChI is InChI=1S/C5H11N3O/c1-8(5(6)9)4-2-7-3-4/h4,7H,2-3H2,1H3,(H2,6,9). The Morgan fingerprint density at radius 3 is 2.44 bits per heavy atom. The van der Waals surface area contributed by atoms with Crippen LogP contribution in [0.2, 0.25) is 0 Å². The second-order valence-corrected chi connectivity index (χ2v) is 2.26. The summed E-state index contributed by atoms with van der Waals surface area (Å²) in [5.41, 5.74) is 5.01. The number of amides is 2. The lowest BCUT2D eigenvalue weighted by Crippen LogP contribution is -2.58. The summed E-state index contributed by atoms with van der Waals surface area (Å²) in [6.45, 7) is 1.75. The van der Waals surface area contributed by atoms with Crippen LogP contribution < -0.4 is 11.1 Å². The van der Waals surface area contributed by atoms with Crippen molar-refractivity contribution >= 4 is 6.03 Å². The van der Waals surface area contributed by atoms with Crippen molar-refractivity contribution in [2.24, 2.45) is 5.73 Å². The Kier molecular flexibility index (Phi) is 1.57. The highest BCUT2D eigenvalue weighted by Crippen LogP contribution is 1.99. The van der Waals surface area contributed by atoms with E-state index in [1.54, 1.807) is 11.9 Å². The molecule has 4 nitrogen and oxygen atoms in total. The van der Waals surface area contributed by atoms with Gasteiger partial charge < -0.3 is 16.0 Å². The van der Waals surface area contributed by atoms with Gasteiger partial charge in [0, 0.05) is 20.1 Å². The molecule has 1 heterocycles. The van der Waals surface area contributed by atoms with Crippen molar-refractivity contribution in [3.63, 3.8) is 0 Å². The van der Waals surface area contributed by atoms with Gasteiger partial charge in [0.1, 0.15) is 0 Å². The molecule has 0 unspecified atom stereocenters. The zero-order chi connectivity index (χ0) is 6.85. The molecular weight excluding hydrogens is 118 g/mol. The summed E-state index contributed by atoms with van der Waals surface area (Å²) in [5, 5.41) is 3.05. The molecule has 1 fully saturated rings. The van der Waals surface area contributed by atoms with Gasteiger partial charge in [-0.1, -0.05) is 0 Å². The lowest BCUT2D eigenvalue weighted by atomic mass is 10.1. The monoisotopic (exact) mass is 129 g/mol. The fourth-order valence-electron chi connectivity index (χ4n) is 0.727. The zero-order valence-electron chi connectivity index (χ0n) is 5.42. The van der Waals surface area contributed by atoms with Crippen molar-refractivity contribution in [3.8, 4) is 0 Å². The van der Waals surface area contributed by atoms with E-state index in [2.05, 4.69) is 5.32 Å². The summed E-state index contributed by atoms with van der Waals surface area (Å²) in [5.74, 6) is 0. The third-order valence-electron chi connectivity index (χ3n) is 1.66. The number of nitrogens with one attached hydrogen (secondary N) is 1. The minimum absolute atomic E-state index is 0.322. The molecule has 0 saturated carbocycles. The SMILES string of the molecule is CN(C(N)=O)C1CNC1. The Morgan fingerprint density at radius 2 is 2.33 bits per heavy atom. The van der Waals surface area contributed by atoms with Gasteiger partial charge in [0.2, 0.25) is 0 Å². The van der Waals surface area contributed by atoms with Gasteiger partial charge >= 0.3 is 6.03 Å². The highest BCUT2D eigenvalue weighted by atomic mass is 16.2. The molecule has 0 atom stereocenters. The second-order valence-electron chi connectivity index (χ2n) is 2.26. The molecule has 0 radical (unpaired) electrons. The highest BCUT2D eigenvalue weighted by Gasteiger charge is 2.23. The molecule has 0 aromatic carbocycles. The maximum atomic E-state index is 10.5. The van der Waals surface area contributed by atoms with Gasteiger partial charge in [0.25, 0.3) is 0 Å². The molecule has 1 saturated heterocycles. The van der Waals surface area contributed by atoms with E-state index in [0.29, 0.717) is 6.04 Å². The average Bonchev–Trinajstić information content (AvgIpc) is 1.60. The van der Waals surface area contributed by atoms with E-state index in [9.17, 15) is 4.79 Å². The van der Waals surface area contributed by atoms with Crippen molar-refractivity contribution in [2.45, 2.75) is 6.04 Å². The molecule has 4 heteroatoms. The van der Waals surface area contributed by atoms with E-state index in [1.165, 1.54) is 0 Å². The normalized spacial score (nSPS) is 18.8. The molecule has 1 aliphatic rings. The zero-order valence-corrected chi connectivity index (χ0v) is 5.42. The van der Waals surface area contributed by atoms with Gasteiger partial charge in [0.15, 0.2) is 0 Å². The Bertz CT molecular complexity index is 121. The first-order valence-electron chi connectivity index (χ1n) is 2.95. The van der Waals surface area contributed by atoms with Crippen LogP contribution in [0.15, 0.2) is 0 Å². The molecular formula is C5H11N3O. The highest BCUT2D eigenvalue weighted by molar-refractivity contribution is 5.72. The van der Waals surface area contributed by atoms with Crippen LogP contribution in [0.3, 0.4) is 0 Å². The van der Waals surface area contributed by atoms with Crippen molar-refractivity contribution < 1.29 is 4.79 Å². The van der Waals surface area contributed by atoms with Crippen LogP contribution in [-0.4, -0.2) is 37.1 Å². The van der Waals surface area contributed by atoms with E-state index in [-0.39, 0.29) is 6.03 Å². The van der Waals surface area contributed by atoms with Crippen LogP contribution in [0, 0.1) is 0 Å². The Balaban J connectivity index is 2.32. The number of carbonyl (C=O) groups excluding carboxylic acids is 1. The molecule has 3 N–H and O–H groups in total. The van der Waals surface area contributed by atoms with Crippen molar-refractivity contribution in [1.82, 2.24) is 10.2 Å². The van der Waals surface area contributed by atoms with Gasteiger partial charge in [-0.2, -0.15) is 0 Å². The molecule has 0 spiro atoms. The van der Waals surface area contributed by atoms with E-state index >= 15 is 0 Å². The van der Waals surface area contributed by atoms with E-state index in [1.807, 2.05) is 0 Å². The Morgan fingerprint density at radius 1 is 1.78 bits per heavy atom. The maximum absolute atomic E-state index is 10.5. The lowest BCUT2D eigenvalue weighted by molar-refractivity contribution is 0.177. The lowest BCUT2D eigenvalue weighted by Gasteiger charge is -2.34. The van der Waals surface area contributed by atoms with Gasteiger partial charge in [-0.3, -0.25) is 0 Å². The van der Waals surface area contributed by atoms with Gasteiger partial charge in [-0.05, 0) is 0 Å². The topological polar surface area (TPSA) is 58.4 Å². The summed E-state index contributed by atoms with van der Waals surface area (Å²) in [6.07, 6.45) is 0. The smallest absolute Gasteiger partial charge is 0.314 e. The van der Waals surface area contributed by atoms with Crippen molar-refractivity contribution in [2.75, 3.05) is 20.1 Å². The third-order valence-corrected chi connectivity index (χ3v) is 1.66. The number of nitrogens with two attached hydrogens (primary N) is 1. The number of likely N-dealkylation sites (N-methyl/N-ethyl adjacent to an activating group) is 1. The molecule has 1 rings (SSSR count). The molecule has 0 aromatic heterocycles. The fraction of sp³-hybridized carbons (Fsp3) is 0.800. The number of hydrogen-bond donors (Lipinski definition) is 2. The maximum Gasteiger partial charge on any atom is 0.314 e. The molecule has 1 aliphatic heterocycles. The van der Waals surface area contributed by atoms with Gasteiger partial charge in [0.05, 0.1) is 6.04 Å². The summed E-state index contributed by atoms with van der Waals surface area (Å²) >= 11 is 0. The summed E-state index contributed by atoms with van der Waals surface area (Å²) in [7, 11) is 1.72. The van der Waals surface area contributed by atoms with Crippen LogP contribution >= 0.6 is 0 Å². The van der Waals surface area contributed by atoms with E-state index in [0.717, 1.165) is 13.1 Å². The first-order valence-corrected chi connectivity index (χ1v) is 2.95. The molecule has 2 amide bonds. The van der Waals surface area contributed by atoms with Crippen LogP contribution in [0.25, 0.3) is 0 Å². The van der Waals surface area contributed by atoms with Crippen LogP contribution in [-0.2, 0) is 0 Å². The number of primary amides is 1. The van der Waals surface area contributed by atoms with Crippen LogP contribution in [0.4, 0.5) is 4.79 Å². The van der Waals surface area contributed by atoms with Crippen molar-refractivity contribution in [1.29, 1.82) is 0 Å². The van der Waals surface area contributed by atoms with Crippen molar-refractivity contribution in [3.05, 3.63) is 0 Å². The van der Waals surface area contributed by atoms with Crippen LogP contribution in [0.1, 0.15) is 0 Å². The predicted molar refractivity (Wildman–Crippen MR) is 34.0 cm³/mol. The summed E-state index contributed by atoms with van der Waals surface area (Å²) < 4.78 is 0. The van der Waals surface area contributed by atoms with E-state index < -0.39 is 0 Å². The third kappa shape index (κ3) is 1.13. The molecule has 0 aliphatic carbocycles. The van der Waals surface area contributed by atoms with Crippen LogP contribution in [0.5, 0.6) is 0 Å². The number of rotatable bonds is 1. The quantitative estimate of drug-likeness (QED) is 0.475. The van der Waals surface area contributed by atoms with Gasteiger partial charge in [-0.25, -0.2) is 4.79 Å². The summed E-state index contributed by atoms with van der Waals surface area (Å²) in [6, 6.07) is -0.0241. The first kappa shape index (κ1) is 6.35. The summed E-state index contributed by atoms with van der Waals surface area (Å²) in [4.78, 5) is 12.0. The number of nitrogens with zero attached hydrogens (tertiary/aromatic N) is 1. The molecule has 0 bridgehead atoms. The minimum Gasteiger partial charge on any atom is -0.351 e. The Hall–Kier alpha value is -0.770. The Labute approximate surface area is 54.0 Å². The minimum atomic E-state index is -0.346. The second kappa shape index (κ2) is 2.23. The largest absolute Gasteiger partial charge is 0.351 e. The predicted octanol–water partition coefficient (Wildman–Crippen LogP) is -1.03. The molecule has 9 heavy (non-hydrogen) atoms. The fourth-order valence-corrected chi connectivity index (χ4v) is 0.727. The number of carbonyl (C=O) groups is 1. The molecule has 52 valence electrons. The first-order chi connectivity index (χ1) is 4.22. The van der Waals surface area contributed by atoms with Gasteiger partial charge in [-0.15, -0.1) is 0 Å². The number of urea groups is 1.